The molecule has 0 aliphatic carbocycles. The molecule has 32 heavy (non-hydrogen) atoms. The molecule has 172 valence electrons. The van der Waals surface area contributed by atoms with E-state index in [0.717, 1.165) is 24.8 Å². The van der Waals surface area contributed by atoms with Crippen LogP contribution in [0.5, 0.6) is 5.75 Å². The number of sulfonamides is 1. The van der Waals surface area contributed by atoms with Gasteiger partial charge in [-0.05, 0) is 49.1 Å². The number of para-hydroxylation sites is 1. The molecular formula is C23H28N2O6S. The number of benzene rings is 2. The van der Waals surface area contributed by atoms with Gasteiger partial charge in [0, 0.05) is 13.1 Å². The van der Waals surface area contributed by atoms with Gasteiger partial charge >= 0.3 is 5.97 Å². The van der Waals surface area contributed by atoms with Crippen LogP contribution in [0.25, 0.3) is 0 Å². The van der Waals surface area contributed by atoms with Crippen LogP contribution >= 0.6 is 0 Å². The predicted molar refractivity (Wildman–Crippen MR) is 120 cm³/mol. The maximum Gasteiger partial charge on any atom is 0.338 e. The number of carbonyl (C=O) groups excluding carboxylic acids is 2. The van der Waals surface area contributed by atoms with Crippen LogP contribution in [0.2, 0.25) is 0 Å². The third-order valence-electron chi connectivity index (χ3n) is 5.22. The first-order valence-corrected chi connectivity index (χ1v) is 12.0. The molecule has 0 bridgehead atoms. The van der Waals surface area contributed by atoms with E-state index >= 15 is 0 Å². The Hall–Kier alpha value is -3.07. The first-order valence-electron chi connectivity index (χ1n) is 10.6. The van der Waals surface area contributed by atoms with E-state index < -0.39 is 28.5 Å². The van der Waals surface area contributed by atoms with Gasteiger partial charge in [-0.15, -0.1) is 0 Å². The van der Waals surface area contributed by atoms with Crippen molar-refractivity contribution >= 4 is 27.6 Å². The summed E-state index contributed by atoms with van der Waals surface area (Å²) in [5.74, 6) is -1.06. The lowest BCUT2D eigenvalue weighted by Crippen LogP contribution is -2.35. The fourth-order valence-corrected chi connectivity index (χ4v) is 5.27. The Morgan fingerprint density at radius 3 is 2.69 bits per heavy atom. The van der Waals surface area contributed by atoms with Crippen molar-refractivity contribution < 1.29 is 27.5 Å². The summed E-state index contributed by atoms with van der Waals surface area (Å²) in [6.45, 7) is 2.41. The highest BCUT2D eigenvalue weighted by Gasteiger charge is 2.32. The van der Waals surface area contributed by atoms with Crippen molar-refractivity contribution in [2.45, 2.75) is 37.5 Å². The van der Waals surface area contributed by atoms with Gasteiger partial charge in [0.1, 0.15) is 10.6 Å². The average Bonchev–Trinajstić information content (AvgIpc) is 2.81. The van der Waals surface area contributed by atoms with Crippen LogP contribution in [-0.4, -0.2) is 47.1 Å². The van der Waals surface area contributed by atoms with Crippen molar-refractivity contribution in [1.82, 2.24) is 5.32 Å². The van der Waals surface area contributed by atoms with Crippen molar-refractivity contribution in [1.29, 1.82) is 0 Å². The Balaban J connectivity index is 1.84. The lowest BCUT2D eigenvalue weighted by molar-refractivity contribution is -0.124. The molecule has 0 saturated heterocycles. The number of esters is 1. The standard InChI is InChI=1S/C23H28N2O6S/c1-3-4-13-24-22(26)16-31-23(27)18-11-12-20(30-2)21(15-18)32(28,29)25-14-7-9-17-8-5-6-10-19(17)25/h5-6,8,10-12,15H,3-4,7,9,13-14,16H2,1-2H3,(H,24,26). The van der Waals surface area contributed by atoms with Crippen LogP contribution in [0, 0.1) is 0 Å². The first kappa shape index (κ1) is 23.6. The number of hydrogen-bond acceptors (Lipinski definition) is 6. The number of unbranched alkanes of at least 4 members (excludes halogenated alkanes) is 1. The van der Waals surface area contributed by atoms with E-state index in [0.29, 0.717) is 25.2 Å². The number of hydrogen-bond donors (Lipinski definition) is 1. The molecule has 2 aromatic carbocycles. The summed E-state index contributed by atoms with van der Waals surface area (Å²) in [4.78, 5) is 24.1. The number of amides is 1. The third-order valence-corrected chi connectivity index (χ3v) is 7.06. The summed E-state index contributed by atoms with van der Waals surface area (Å²) >= 11 is 0. The monoisotopic (exact) mass is 460 g/mol. The SMILES string of the molecule is CCCCNC(=O)COC(=O)c1ccc(OC)c(S(=O)(=O)N2CCCc3ccccc32)c1. The third kappa shape index (κ3) is 5.21. The van der Waals surface area contributed by atoms with Crippen LogP contribution in [0.1, 0.15) is 42.1 Å². The van der Waals surface area contributed by atoms with E-state index in [-0.39, 0.29) is 16.2 Å². The zero-order valence-electron chi connectivity index (χ0n) is 18.3. The molecule has 9 heteroatoms. The molecule has 0 fully saturated rings. The van der Waals surface area contributed by atoms with Gasteiger partial charge in [-0.2, -0.15) is 0 Å². The van der Waals surface area contributed by atoms with Gasteiger partial charge in [0.15, 0.2) is 6.61 Å². The van der Waals surface area contributed by atoms with Crippen LogP contribution in [-0.2, 0) is 26.0 Å². The van der Waals surface area contributed by atoms with Crippen LogP contribution in [0.15, 0.2) is 47.4 Å². The summed E-state index contributed by atoms with van der Waals surface area (Å²) in [6.07, 6.45) is 3.25. The van der Waals surface area contributed by atoms with Crippen molar-refractivity contribution in [3.05, 3.63) is 53.6 Å². The van der Waals surface area contributed by atoms with Gasteiger partial charge in [-0.25, -0.2) is 13.2 Å². The number of nitrogens with one attached hydrogen (secondary N) is 1. The summed E-state index contributed by atoms with van der Waals surface area (Å²) < 4.78 is 38.8. The number of carbonyl (C=O) groups is 2. The molecule has 8 nitrogen and oxygen atoms in total. The lowest BCUT2D eigenvalue weighted by Gasteiger charge is -2.30. The highest BCUT2D eigenvalue weighted by atomic mass is 32.2. The van der Waals surface area contributed by atoms with Gasteiger partial charge in [-0.1, -0.05) is 31.5 Å². The molecule has 3 rings (SSSR count). The molecule has 0 unspecified atom stereocenters. The van der Waals surface area contributed by atoms with Crippen LogP contribution in [0.4, 0.5) is 5.69 Å². The van der Waals surface area contributed by atoms with E-state index in [2.05, 4.69) is 5.32 Å². The Bertz CT molecular complexity index is 1080. The minimum absolute atomic E-state index is 0.0241. The first-order chi connectivity index (χ1) is 15.4. The molecule has 2 aromatic rings. The predicted octanol–water partition coefficient (Wildman–Crippen LogP) is 2.91. The van der Waals surface area contributed by atoms with Crippen molar-refractivity contribution in [3.8, 4) is 5.75 Å². The summed E-state index contributed by atoms with van der Waals surface area (Å²) in [5, 5.41) is 2.66. The average molecular weight is 461 g/mol. The Morgan fingerprint density at radius 2 is 1.94 bits per heavy atom. The summed E-state index contributed by atoms with van der Waals surface area (Å²) in [5.41, 5.74) is 1.60. The molecule has 0 aromatic heterocycles. The molecule has 1 aliphatic rings. The molecule has 0 atom stereocenters. The number of methoxy groups -OCH3 is 1. The fourth-order valence-electron chi connectivity index (χ4n) is 3.54. The smallest absolute Gasteiger partial charge is 0.338 e. The normalized spacial score (nSPS) is 13.2. The second-order valence-electron chi connectivity index (χ2n) is 7.45. The zero-order valence-corrected chi connectivity index (χ0v) is 19.1. The quantitative estimate of drug-likeness (QED) is 0.456. The minimum atomic E-state index is -4.00. The number of ether oxygens (including phenoxy) is 2. The van der Waals surface area contributed by atoms with Crippen LogP contribution in [0.3, 0.4) is 0 Å². The Morgan fingerprint density at radius 1 is 1.16 bits per heavy atom. The summed E-state index contributed by atoms with van der Waals surface area (Å²) in [6, 6.07) is 11.4. The van der Waals surface area contributed by atoms with Gasteiger partial charge < -0.3 is 14.8 Å². The Labute approximate surface area is 188 Å². The molecule has 1 heterocycles. The molecule has 1 N–H and O–H groups in total. The maximum atomic E-state index is 13.5. The largest absolute Gasteiger partial charge is 0.495 e. The topological polar surface area (TPSA) is 102 Å². The molecule has 1 aliphatic heterocycles. The van der Waals surface area contributed by atoms with Gasteiger partial charge in [0.25, 0.3) is 15.9 Å². The number of rotatable bonds is 9. The van der Waals surface area contributed by atoms with Crippen LogP contribution < -0.4 is 14.4 Å². The van der Waals surface area contributed by atoms with E-state index in [1.807, 2.05) is 19.1 Å². The second kappa shape index (κ2) is 10.5. The number of aryl methyl sites for hydroxylation is 1. The second-order valence-corrected chi connectivity index (χ2v) is 9.29. The van der Waals surface area contributed by atoms with Gasteiger partial charge in [0.2, 0.25) is 0 Å². The highest BCUT2D eigenvalue weighted by Crippen LogP contribution is 2.35. The highest BCUT2D eigenvalue weighted by molar-refractivity contribution is 7.93. The lowest BCUT2D eigenvalue weighted by atomic mass is 10.0. The molecule has 0 spiro atoms. The summed E-state index contributed by atoms with van der Waals surface area (Å²) in [7, 11) is -2.63. The van der Waals surface area contributed by atoms with E-state index in [1.54, 1.807) is 12.1 Å². The van der Waals surface area contributed by atoms with Crippen molar-refractivity contribution in [2.75, 3.05) is 31.1 Å². The van der Waals surface area contributed by atoms with Gasteiger partial charge in [-0.3, -0.25) is 9.10 Å². The Kier molecular flexibility index (Phi) is 7.74. The maximum absolute atomic E-state index is 13.5. The van der Waals surface area contributed by atoms with Crippen molar-refractivity contribution in [3.63, 3.8) is 0 Å². The van der Waals surface area contributed by atoms with Gasteiger partial charge in [0.05, 0.1) is 18.4 Å². The fraction of sp³-hybridized carbons (Fsp3) is 0.391. The van der Waals surface area contributed by atoms with E-state index in [9.17, 15) is 18.0 Å². The number of anilines is 1. The zero-order chi connectivity index (χ0) is 23.1. The van der Waals surface area contributed by atoms with Crippen molar-refractivity contribution in [2.24, 2.45) is 0 Å². The molecule has 1 amide bonds. The molecule has 0 saturated carbocycles. The van der Waals surface area contributed by atoms with E-state index in [4.69, 9.17) is 9.47 Å². The molecular weight excluding hydrogens is 432 g/mol. The number of fused-ring (bicyclic) bond motifs is 1. The minimum Gasteiger partial charge on any atom is -0.495 e. The number of nitrogens with zero attached hydrogens (tertiary/aromatic N) is 1. The van der Waals surface area contributed by atoms with E-state index in [1.165, 1.54) is 29.6 Å². The molecule has 0 radical (unpaired) electrons.